The summed E-state index contributed by atoms with van der Waals surface area (Å²) in [5.74, 6) is 1.04. The normalized spacial score (nSPS) is 24.6. The van der Waals surface area contributed by atoms with Gasteiger partial charge in [0.1, 0.15) is 6.10 Å². The van der Waals surface area contributed by atoms with Crippen molar-refractivity contribution in [1.29, 1.82) is 0 Å². The number of anilines is 1. The van der Waals surface area contributed by atoms with Crippen LogP contribution < -0.4 is 10.2 Å². The van der Waals surface area contributed by atoms with Gasteiger partial charge in [0.25, 0.3) is 0 Å². The molecular formula is C13H18N4O2. The topological polar surface area (TPSA) is 67.4 Å². The minimum absolute atomic E-state index is 0.0863. The lowest BCUT2D eigenvalue weighted by atomic mass is 9.95. The molecule has 2 aliphatic rings. The highest BCUT2D eigenvalue weighted by atomic mass is 16.6. The monoisotopic (exact) mass is 262 g/mol. The predicted molar refractivity (Wildman–Crippen MR) is 70.2 cm³/mol. The summed E-state index contributed by atoms with van der Waals surface area (Å²) in [6.45, 7) is 4.45. The van der Waals surface area contributed by atoms with Crippen LogP contribution in [-0.2, 0) is 4.74 Å². The molecule has 0 aromatic carbocycles. The molecule has 6 nitrogen and oxygen atoms in total. The fourth-order valence-corrected chi connectivity index (χ4v) is 2.61. The fraction of sp³-hybridized carbons (Fsp3) is 0.615. The van der Waals surface area contributed by atoms with Crippen LogP contribution in [0.4, 0.5) is 10.6 Å². The van der Waals surface area contributed by atoms with Crippen LogP contribution in [0.5, 0.6) is 0 Å². The highest BCUT2D eigenvalue weighted by molar-refractivity contribution is 5.88. The minimum atomic E-state index is -0.329. The van der Waals surface area contributed by atoms with E-state index in [1.165, 1.54) is 0 Å². The number of hydrogen-bond donors (Lipinski definition) is 1. The molecular weight excluding hydrogens is 244 g/mol. The summed E-state index contributed by atoms with van der Waals surface area (Å²) < 4.78 is 5.12. The van der Waals surface area contributed by atoms with Crippen molar-refractivity contribution in [2.75, 3.05) is 24.5 Å². The van der Waals surface area contributed by atoms with Crippen LogP contribution in [0.3, 0.4) is 0 Å². The number of rotatable bonds is 2. The van der Waals surface area contributed by atoms with Gasteiger partial charge in [-0.2, -0.15) is 0 Å². The Kier molecular flexibility index (Phi) is 3.33. The third-order valence-corrected chi connectivity index (χ3v) is 3.64. The fourth-order valence-electron chi connectivity index (χ4n) is 2.61. The van der Waals surface area contributed by atoms with Crippen LogP contribution in [0.1, 0.15) is 31.4 Å². The molecule has 1 atom stereocenters. The Bertz CT molecular complexity index is 473. The number of nitrogens with zero attached hydrogens (tertiary/aromatic N) is 3. The molecule has 1 amide bonds. The Morgan fingerprint density at radius 1 is 1.37 bits per heavy atom. The van der Waals surface area contributed by atoms with Gasteiger partial charge in [-0.1, -0.05) is 0 Å². The highest BCUT2D eigenvalue weighted by Gasteiger charge is 2.31. The van der Waals surface area contributed by atoms with Gasteiger partial charge in [-0.05, 0) is 32.9 Å². The van der Waals surface area contributed by atoms with Crippen molar-refractivity contribution in [2.45, 2.75) is 31.8 Å². The Labute approximate surface area is 112 Å². The Morgan fingerprint density at radius 2 is 2.16 bits per heavy atom. The number of amides is 1. The number of carbonyl (C=O) groups is 1. The summed E-state index contributed by atoms with van der Waals surface area (Å²) in [6, 6.07) is 0. The van der Waals surface area contributed by atoms with E-state index in [-0.39, 0.29) is 12.2 Å². The SMILES string of the molecule is C[C@@H]1CN(c2cncc(C3CCNCC3)n2)C(=O)O1. The highest BCUT2D eigenvalue weighted by Crippen LogP contribution is 2.25. The van der Waals surface area contributed by atoms with E-state index in [1.54, 1.807) is 11.1 Å². The molecule has 0 unspecified atom stereocenters. The maximum absolute atomic E-state index is 11.7. The van der Waals surface area contributed by atoms with E-state index >= 15 is 0 Å². The average Bonchev–Trinajstić information content (AvgIpc) is 2.79. The lowest BCUT2D eigenvalue weighted by Crippen LogP contribution is -2.28. The number of aromatic nitrogens is 2. The van der Waals surface area contributed by atoms with Crippen molar-refractivity contribution in [2.24, 2.45) is 0 Å². The van der Waals surface area contributed by atoms with Gasteiger partial charge < -0.3 is 10.1 Å². The van der Waals surface area contributed by atoms with E-state index in [1.807, 2.05) is 13.1 Å². The molecule has 1 aromatic heterocycles. The van der Waals surface area contributed by atoms with Crippen LogP contribution in [0.25, 0.3) is 0 Å². The standard InChI is InChI=1S/C13H18N4O2/c1-9-8-17(13(18)19-9)12-7-15-6-11(16-12)10-2-4-14-5-3-10/h6-7,9-10,14H,2-5,8H2,1H3/t9-/m1/s1. The molecule has 1 N–H and O–H groups in total. The first kappa shape index (κ1) is 12.3. The van der Waals surface area contributed by atoms with Crippen molar-refractivity contribution in [3.8, 4) is 0 Å². The Hall–Kier alpha value is -1.69. The second-order valence-corrected chi connectivity index (χ2v) is 5.13. The maximum atomic E-state index is 11.7. The zero-order valence-electron chi connectivity index (χ0n) is 11.0. The summed E-state index contributed by atoms with van der Waals surface area (Å²) >= 11 is 0. The van der Waals surface area contributed by atoms with Gasteiger partial charge >= 0.3 is 6.09 Å². The van der Waals surface area contributed by atoms with Gasteiger partial charge in [0.2, 0.25) is 0 Å². The third kappa shape index (κ3) is 2.53. The van der Waals surface area contributed by atoms with Crippen molar-refractivity contribution >= 4 is 11.9 Å². The number of nitrogens with one attached hydrogen (secondary N) is 1. The van der Waals surface area contributed by atoms with Crippen molar-refractivity contribution in [3.05, 3.63) is 18.1 Å². The summed E-state index contributed by atoms with van der Waals surface area (Å²) in [5.41, 5.74) is 0.978. The molecule has 2 saturated heterocycles. The van der Waals surface area contributed by atoms with Gasteiger partial charge in [0.15, 0.2) is 5.82 Å². The number of carbonyl (C=O) groups excluding carboxylic acids is 1. The zero-order valence-corrected chi connectivity index (χ0v) is 11.0. The zero-order chi connectivity index (χ0) is 13.2. The first-order chi connectivity index (χ1) is 9.24. The van der Waals surface area contributed by atoms with E-state index in [0.717, 1.165) is 31.6 Å². The first-order valence-corrected chi connectivity index (χ1v) is 6.75. The maximum Gasteiger partial charge on any atom is 0.415 e. The molecule has 1 aromatic rings. The first-order valence-electron chi connectivity index (χ1n) is 6.75. The quantitative estimate of drug-likeness (QED) is 0.870. The van der Waals surface area contributed by atoms with E-state index in [2.05, 4.69) is 15.3 Å². The molecule has 6 heteroatoms. The van der Waals surface area contributed by atoms with E-state index < -0.39 is 0 Å². The lowest BCUT2D eigenvalue weighted by molar-refractivity contribution is 0.150. The third-order valence-electron chi connectivity index (χ3n) is 3.64. The van der Waals surface area contributed by atoms with E-state index in [4.69, 9.17) is 4.74 Å². The number of ether oxygens (including phenoxy) is 1. The summed E-state index contributed by atoms with van der Waals surface area (Å²) in [4.78, 5) is 22.1. The predicted octanol–water partition coefficient (Wildman–Crippen LogP) is 1.29. The van der Waals surface area contributed by atoms with Crippen LogP contribution >= 0.6 is 0 Å². The van der Waals surface area contributed by atoms with Crippen molar-refractivity contribution in [3.63, 3.8) is 0 Å². The van der Waals surface area contributed by atoms with E-state index in [0.29, 0.717) is 18.3 Å². The molecule has 0 saturated carbocycles. The Morgan fingerprint density at radius 3 is 2.84 bits per heavy atom. The molecule has 0 aliphatic carbocycles. The van der Waals surface area contributed by atoms with Crippen LogP contribution in [-0.4, -0.2) is 41.8 Å². The van der Waals surface area contributed by atoms with Crippen molar-refractivity contribution in [1.82, 2.24) is 15.3 Å². The molecule has 3 heterocycles. The molecule has 0 bridgehead atoms. The lowest BCUT2D eigenvalue weighted by Gasteiger charge is -2.22. The van der Waals surface area contributed by atoms with Gasteiger partial charge in [-0.15, -0.1) is 0 Å². The van der Waals surface area contributed by atoms with Gasteiger partial charge in [-0.3, -0.25) is 9.88 Å². The van der Waals surface area contributed by atoms with Crippen molar-refractivity contribution < 1.29 is 9.53 Å². The second kappa shape index (κ2) is 5.13. The molecule has 3 rings (SSSR count). The summed E-state index contributed by atoms with van der Waals surface area (Å²) in [6.07, 6.45) is 5.16. The molecule has 0 radical (unpaired) electrons. The van der Waals surface area contributed by atoms with Crippen LogP contribution in [0.2, 0.25) is 0 Å². The van der Waals surface area contributed by atoms with Gasteiger partial charge in [-0.25, -0.2) is 9.78 Å². The van der Waals surface area contributed by atoms with Crippen LogP contribution in [0.15, 0.2) is 12.4 Å². The molecule has 0 spiro atoms. The molecule has 2 aliphatic heterocycles. The molecule has 2 fully saturated rings. The molecule has 19 heavy (non-hydrogen) atoms. The van der Waals surface area contributed by atoms with Gasteiger partial charge in [0, 0.05) is 12.1 Å². The van der Waals surface area contributed by atoms with E-state index in [9.17, 15) is 4.79 Å². The van der Waals surface area contributed by atoms with Gasteiger partial charge in [0.05, 0.1) is 18.4 Å². The largest absolute Gasteiger partial charge is 0.444 e. The average molecular weight is 262 g/mol. The number of cyclic esters (lactones) is 1. The Balaban J connectivity index is 1.81. The smallest absolute Gasteiger partial charge is 0.415 e. The second-order valence-electron chi connectivity index (χ2n) is 5.13. The number of piperidine rings is 1. The van der Waals surface area contributed by atoms with Crippen LogP contribution in [0, 0.1) is 0 Å². The molecule has 102 valence electrons. The number of hydrogen-bond acceptors (Lipinski definition) is 5. The minimum Gasteiger partial charge on any atom is -0.444 e. The summed E-state index contributed by atoms with van der Waals surface area (Å²) in [7, 11) is 0. The summed E-state index contributed by atoms with van der Waals surface area (Å²) in [5, 5.41) is 3.33.